The second kappa shape index (κ2) is 16.0. The summed E-state index contributed by atoms with van der Waals surface area (Å²) in [4.78, 5) is 60.8. The highest BCUT2D eigenvalue weighted by Crippen LogP contribution is 2.06. The molecule has 4 amide bonds. The third kappa shape index (κ3) is 11.5. The van der Waals surface area contributed by atoms with Crippen LogP contribution in [-0.4, -0.2) is 76.6 Å². The van der Waals surface area contributed by atoms with Crippen molar-refractivity contribution in [3.63, 3.8) is 0 Å². The molecule has 4 unspecified atom stereocenters. The summed E-state index contributed by atoms with van der Waals surface area (Å²) < 4.78 is 0. The van der Waals surface area contributed by atoms with E-state index in [1.54, 1.807) is 0 Å². The number of carboxylic acid groups (broad SMARTS) is 1. The summed E-state index contributed by atoms with van der Waals surface area (Å²) in [6.45, 7) is 0. The van der Waals surface area contributed by atoms with E-state index in [0.29, 0.717) is 5.75 Å². The van der Waals surface area contributed by atoms with Crippen LogP contribution in [0, 0.1) is 0 Å². The number of thioether (sulfide) groups is 1. The van der Waals surface area contributed by atoms with Crippen molar-refractivity contribution < 1.29 is 29.1 Å². The molecule has 1 aromatic carbocycles. The first-order chi connectivity index (χ1) is 16.6. The fourth-order valence-electron chi connectivity index (χ4n) is 3.03. The lowest BCUT2D eigenvalue weighted by atomic mass is 10.0. The lowest BCUT2D eigenvalue weighted by Gasteiger charge is -2.24. The zero-order valence-corrected chi connectivity index (χ0v) is 21.1. The third-order valence-electron chi connectivity index (χ3n) is 4.99. The van der Waals surface area contributed by atoms with E-state index in [1.165, 1.54) is 11.8 Å². The number of thiol groups is 1. The molecule has 0 saturated heterocycles. The molecule has 0 fully saturated rings. The average molecular weight is 528 g/mol. The maximum absolute atomic E-state index is 12.9. The van der Waals surface area contributed by atoms with Gasteiger partial charge in [-0.2, -0.15) is 24.4 Å². The molecule has 0 aliphatic carbocycles. The Morgan fingerprint density at radius 2 is 1.51 bits per heavy atom. The van der Waals surface area contributed by atoms with Crippen LogP contribution in [0.15, 0.2) is 30.3 Å². The molecular formula is C22H33N5O6S2. The van der Waals surface area contributed by atoms with Gasteiger partial charge in [0.1, 0.15) is 18.1 Å². The lowest BCUT2D eigenvalue weighted by Crippen LogP contribution is -2.58. The van der Waals surface area contributed by atoms with Gasteiger partial charge in [0, 0.05) is 12.2 Å². The highest BCUT2D eigenvalue weighted by atomic mass is 32.2. The van der Waals surface area contributed by atoms with Gasteiger partial charge in [-0.1, -0.05) is 30.3 Å². The fraction of sp³-hybridized carbons (Fsp3) is 0.500. The van der Waals surface area contributed by atoms with Crippen molar-refractivity contribution in [3.05, 3.63) is 35.9 Å². The molecule has 0 aliphatic heterocycles. The molecule has 1 rings (SSSR count). The molecule has 0 bridgehead atoms. The van der Waals surface area contributed by atoms with Gasteiger partial charge < -0.3 is 32.5 Å². The minimum Gasteiger partial charge on any atom is -0.480 e. The highest BCUT2D eigenvalue weighted by Gasteiger charge is 2.29. The maximum atomic E-state index is 12.9. The normalized spacial score (nSPS) is 14.1. The van der Waals surface area contributed by atoms with Crippen LogP contribution in [0.25, 0.3) is 0 Å². The first-order valence-corrected chi connectivity index (χ1v) is 12.9. The van der Waals surface area contributed by atoms with Crippen LogP contribution >= 0.6 is 24.4 Å². The molecule has 1 aromatic rings. The van der Waals surface area contributed by atoms with Crippen molar-refractivity contribution in [2.75, 3.05) is 17.8 Å². The molecule has 194 valence electrons. The number of carbonyl (C=O) groups excluding carboxylic acids is 4. The number of primary amides is 1. The molecular weight excluding hydrogens is 494 g/mol. The number of nitrogens with one attached hydrogen (secondary N) is 3. The smallest absolute Gasteiger partial charge is 0.326 e. The molecule has 8 N–H and O–H groups in total. The van der Waals surface area contributed by atoms with Crippen molar-refractivity contribution in [2.24, 2.45) is 11.5 Å². The summed E-state index contributed by atoms with van der Waals surface area (Å²) in [7, 11) is 0. The fourth-order valence-corrected chi connectivity index (χ4v) is 3.76. The Kier molecular flexibility index (Phi) is 13.8. The molecule has 0 saturated carbocycles. The molecule has 0 aromatic heterocycles. The predicted molar refractivity (Wildman–Crippen MR) is 137 cm³/mol. The largest absolute Gasteiger partial charge is 0.480 e. The molecule has 0 aliphatic rings. The minimum absolute atomic E-state index is 0.114. The summed E-state index contributed by atoms with van der Waals surface area (Å²) in [5, 5.41) is 16.7. The summed E-state index contributed by atoms with van der Waals surface area (Å²) in [6, 6.07) is 4.60. The standard InChI is InChI=1S/C22H33N5O6S2/c1-35-10-9-16(22(32)33)26-21(31)17(12-34)27-20(30)15(7-8-18(24)28)25-19(29)14(23)11-13-5-3-2-4-6-13/h2-6,14-17,34H,7-12,23H2,1H3,(H2,24,28)(H,25,29)(H,26,31)(H,27,30)(H,32,33). The van der Waals surface area contributed by atoms with E-state index in [1.807, 2.05) is 36.6 Å². The van der Waals surface area contributed by atoms with Crippen molar-refractivity contribution in [3.8, 4) is 0 Å². The van der Waals surface area contributed by atoms with Gasteiger partial charge in [-0.3, -0.25) is 19.2 Å². The number of nitrogens with two attached hydrogens (primary N) is 2. The van der Waals surface area contributed by atoms with E-state index in [2.05, 4.69) is 28.6 Å². The number of carboxylic acids is 1. The van der Waals surface area contributed by atoms with Crippen molar-refractivity contribution >= 4 is 54.0 Å². The van der Waals surface area contributed by atoms with E-state index < -0.39 is 53.8 Å². The third-order valence-corrected chi connectivity index (χ3v) is 6.00. The Bertz CT molecular complexity index is 873. The van der Waals surface area contributed by atoms with Gasteiger partial charge in [-0.15, -0.1) is 0 Å². The van der Waals surface area contributed by atoms with Crippen LogP contribution in [0.3, 0.4) is 0 Å². The molecule has 0 spiro atoms. The lowest BCUT2D eigenvalue weighted by molar-refractivity contribution is -0.142. The van der Waals surface area contributed by atoms with Crippen LogP contribution in [-0.2, 0) is 30.4 Å². The molecule has 4 atom stereocenters. The molecule has 0 heterocycles. The van der Waals surface area contributed by atoms with Crippen LogP contribution in [0.2, 0.25) is 0 Å². The SMILES string of the molecule is CSCCC(NC(=O)C(CS)NC(=O)C(CCC(N)=O)NC(=O)C(N)Cc1ccccc1)C(=O)O. The van der Waals surface area contributed by atoms with Gasteiger partial charge in [-0.05, 0) is 36.8 Å². The Morgan fingerprint density at radius 3 is 2.06 bits per heavy atom. The van der Waals surface area contributed by atoms with Gasteiger partial charge in [0.2, 0.25) is 23.6 Å². The molecule has 13 heteroatoms. The van der Waals surface area contributed by atoms with Crippen LogP contribution < -0.4 is 27.4 Å². The Hall–Kier alpha value is -2.77. The first-order valence-electron chi connectivity index (χ1n) is 10.9. The maximum Gasteiger partial charge on any atom is 0.326 e. The zero-order chi connectivity index (χ0) is 26.4. The average Bonchev–Trinajstić information content (AvgIpc) is 2.82. The summed E-state index contributed by atoms with van der Waals surface area (Å²) in [6.07, 6.45) is 1.93. The van der Waals surface area contributed by atoms with Gasteiger partial charge in [0.15, 0.2) is 0 Å². The number of amides is 4. The minimum atomic E-state index is -1.20. The second-order valence-electron chi connectivity index (χ2n) is 7.79. The highest BCUT2D eigenvalue weighted by molar-refractivity contribution is 7.98. The van der Waals surface area contributed by atoms with Crippen LogP contribution in [0.4, 0.5) is 0 Å². The number of benzene rings is 1. The second-order valence-corrected chi connectivity index (χ2v) is 9.14. The monoisotopic (exact) mass is 527 g/mol. The predicted octanol–water partition coefficient (Wildman–Crippen LogP) is -0.956. The quantitative estimate of drug-likeness (QED) is 0.134. The Balaban J connectivity index is 2.85. The number of carbonyl (C=O) groups is 5. The Labute approximate surface area is 213 Å². The van der Waals surface area contributed by atoms with E-state index in [9.17, 15) is 29.1 Å². The molecule has 0 radical (unpaired) electrons. The van der Waals surface area contributed by atoms with Crippen molar-refractivity contribution in [1.29, 1.82) is 0 Å². The van der Waals surface area contributed by atoms with Crippen molar-refractivity contribution in [1.82, 2.24) is 16.0 Å². The molecule has 35 heavy (non-hydrogen) atoms. The van der Waals surface area contributed by atoms with E-state index in [-0.39, 0.29) is 31.4 Å². The van der Waals surface area contributed by atoms with E-state index in [4.69, 9.17) is 11.5 Å². The van der Waals surface area contributed by atoms with Gasteiger partial charge in [0.05, 0.1) is 6.04 Å². The van der Waals surface area contributed by atoms with Gasteiger partial charge in [0.25, 0.3) is 0 Å². The van der Waals surface area contributed by atoms with Gasteiger partial charge >= 0.3 is 5.97 Å². The van der Waals surface area contributed by atoms with Crippen LogP contribution in [0.5, 0.6) is 0 Å². The van der Waals surface area contributed by atoms with E-state index >= 15 is 0 Å². The van der Waals surface area contributed by atoms with Crippen molar-refractivity contribution in [2.45, 2.75) is 49.9 Å². The summed E-state index contributed by atoms with van der Waals surface area (Å²) in [5.74, 6) is -3.59. The van der Waals surface area contributed by atoms with Crippen LogP contribution in [0.1, 0.15) is 24.8 Å². The first kappa shape index (κ1) is 30.3. The summed E-state index contributed by atoms with van der Waals surface area (Å²) in [5.41, 5.74) is 12.0. The van der Waals surface area contributed by atoms with E-state index in [0.717, 1.165) is 5.56 Å². The number of rotatable bonds is 16. The Morgan fingerprint density at radius 1 is 0.943 bits per heavy atom. The topological polar surface area (TPSA) is 194 Å². The van der Waals surface area contributed by atoms with Gasteiger partial charge in [-0.25, -0.2) is 4.79 Å². The summed E-state index contributed by atoms with van der Waals surface area (Å²) >= 11 is 5.51. The zero-order valence-electron chi connectivity index (χ0n) is 19.4. The number of hydrogen-bond donors (Lipinski definition) is 7. The molecule has 11 nitrogen and oxygen atoms in total. The number of aliphatic carboxylic acids is 1. The number of hydrogen-bond acceptors (Lipinski definition) is 8.